The second-order valence-corrected chi connectivity index (χ2v) is 6.94. The van der Waals surface area contributed by atoms with Crippen LogP contribution in [0.4, 0.5) is 18.0 Å². The monoisotopic (exact) mass is 376 g/mol. The molecule has 0 aromatic carbocycles. The Hall–Kier alpha value is -1.91. The highest BCUT2D eigenvalue weighted by molar-refractivity contribution is 7.12. The van der Waals surface area contributed by atoms with Crippen LogP contribution in [0.3, 0.4) is 0 Å². The molecule has 0 spiro atoms. The average molecular weight is 376 g/mol. The van der Waals surface area contributed by atoms with Crippen molar-refractivity contribution in [2.45, 2.75) is 17.9 Å². The molecule has 2 aromatic heterocycles. The molecule has 0 radical (unpaired) electrons. The van der Waals surface area contributed by atoms with Crippen LogP contribution in [0.1, 0.15) is 21.3 Å². The van der Waals surface area contributed by atoms with Crippen LogP contribution < -0.4 is 10.6 Å². The summed E-state index contributed by atoms with van der Waals surface area (Å²) in [6, 6.07) is 1.92. The Labute approximate surface area is 142 Å². The van der Waals surface area contributed by atoms with E-state index in [0.717, 1.165) is 11.3 Å². The minimum atomic E-state index is -5.23. The van der Waals surface area contributed by atoms with Crippen molar-refractivity contribution < 1.29 is 27.9 Å². The van der Waals surface area contributed by atoms with Gasteiger partial charge in [-0.1, -0.05) is 6.07 Å². The Bertz CT molecular complexity index is 746. The van der Waals surface area contributed by atoms with Crippen molar-refractivity contribution in [1.29, 1.82) is 0 Å². The average Bonchev–Trinajstić information content (AvgIpc) is 3.18. The van der Waals surface area contributed by atoms with E-state index in [1.807, 2.05) is 0 Å². The summed E-state index contributed by atoms with van der Waals surface area (Å²) in [5.74, 6) is -2.85. The van der Waals surface area contributed by atoms with Crippen LogP contribution in [0.2, 0.25) is 0 Å². The molecule has 0 aliphatic carbocycles. The van der Waals surface area contributed by atoms with Crippen molar-refractivity contribution >= 4 is 34.5 Å². The van der Waals surface area contributed by atoms with Crippen LogP contribution in [0.15, 0.2) is 34.3 Å². The van der Waals surface area contributed by atoms with Gasteiger partial charge < -0.3 is 15.7 Å². The molecule has 1 aliphatic heterocycles. The first-order chi connectivity index (χ1) is 11.2. The quantitative estimate of drug-likeness (QED) is 0.721. The molecule has 3 heterocycles. The van der Waals surface area contributed by atoms with Crippen molar-refractivity contribution in [3.8, 4) is 0 Å². The van der Waals surface area contributed by atoms with Crippen LogP contribution >= 0.6 is 22.7 Å². The van der Waals surface area contributed by atoms with Crippen molar-refractivity contribution in [3.05, 3.63) is 44.8 Å². The first-order valence-corrected chi connectivity index (χ1v) is 8.54. The molecular weight excluding hydrogens is 365 g/mol. The Morgan fingerprint density at radius 2 is 2.04 bits per heavy atom. The lowest BCUT2D eigenvalue weighted by molar-refractivity contribution is -0.287. The maximum Gasteiger partial charge on any atom is 0.437 e. The lowest BCUT2D eigenvalue weighted by Crippen LogP contribution is -2.72. The molecule has 2 aromatic rings. The third kappa shape index (κ3) is 2.70. The van der Waals surface area contributed by atoms with E-state index in [-0.39, 0.29) is 4.88 Å². The van der Waals surface area contributed by atoms with E-state index in [0.29, 0.717) is 5.56 Å². The van der Waals surface area contributed by atoms with Crippen LogP contribution in [-0.2, 0) is 0 Å². The minimum absolute atomic E-state index is 0.0702. The van der Waals surface area contributed by atoms with E-state index in [1.165, 1.54) is 40.2 Å². The van der Waals surface area contributed by atoms with Gasteiger partial charge in [-0.05, 0) is 33.8 Å². The predicted molar refractivity (Wildman–Crippen MR) is 81.9 cm³/mol. The molecule has 1 saturated heterocycles. The number of nitrogens with one attached hydrogen (secondary N) is 2. The number of hydrogen-bond acceptors (Lipinski definition) is 5. The van der Waals surface area contributed by atoms with Gasteiger partial charge in [0.2, 0.25) is 5.72 Å². The van der Waals surface area contributed by atoms with Gasteiger partial charge in [0.25, 0.3) is 0 Å². The second-order valence-electron chi connectivity index (χ2n) is 5.22. The number of carbonyl (C=O) groups is 2. The topological polar surface area (TPSA) is 78.4 Å². The van der Waals surface area contributed by atoms with Gasteiger partial charge in [0.1, 0.15) is 5.92 Å². The third-order valence-electron chi connectivity index (χ3n) is 3.76. The zero-order valence-electron chi connectivity index (χ0n) is 11.8. The Balaban J connectivity index is 2.13. The molecule has 2 amide bonds. The van der Waals surface area contributed by atoms with Gasteiger partial charge in [-0.2, -0.15) is 24.5 Å². The number of Topliss-reactive ketones (excluding diaryl/α,β-unsaturated/α-hetero) is 1. The fourth-order valence-electron chi connectivity index (χ4n) is 2.64. The lowest BCUT2D eigenvalue weighted by Gasteiger charge is -2.44. The summed E-state index contributed by atoms with van der Waals surface area (Å²) in [4.78, 5) is 24.5. The molecule has 0 unspecified atom stereocenters. The van der Waals surface area contributed by atoms with Crippen molar-refractivity contribution in [2.75, 3.05) is 0 Å². The minimum Gasteiger partial charge on any atom is -0.363 e. The molecule has 3 N–H and O–H groups in total. The van der Waals surface area contributed by atoms with E-state index in [1.54, 1.807) is 10.8 Å². The number of halogens is 3. The van der Waals surface area contributed by atoms with Gasteiger partial charge in [-0.3, -0.25) is 4.79 Å². The molecule has 3 rings (SSSR count). The molecular formula is C14H11F3N2O3S2. The third-order valence-corrected chi connectivity index (χ3v) is 5.34. The standard InChI is InChI=1S/C14H11F3N2O3S2/c15-14(16,17)13(22)9(11(20)8-2-1-4-24-8)10(18-12(21)19-13)7-3-5-23-6-7/h1-6,9-10,22H,(H2,18,19,21)/t9-,10-,13+/m0/s1. The summed E-state index contributed by atoms with van der Waals surface area (Å²) >= 11 is 2.18. The predicted octanol–water partition coefficient (Wildman–Crippen LogP) is 2.91. The number of urea groups is 1. The molecule has 24 heavy (non-hydrogen) atoms. The molecule has 0 saturated carbocycles. The number of aliphatic hydroxyl groups is 1. The second kappa shape index (κ2) is 5.87. The highest BCUT2D eigenvalue weighted by Gasteiger charge is 2.66. The zero-order chi connectivity index (χ0) is 17.5. The Morgan fingerprint density at radius 1 is 1.29 bits per heavy atom. The van der Waals surface area contributed by atoms with Crippen LogP contribution in [0, 0.1) is 5.92 Å². The van der Waals surface area contributed by atoms with Gasteiger partial charge in [-0.25, -0.2) is 4.79 Å². The number of rotatable bonds is 3. The van der Waals surface area contributed by atoms with E-state index >= 15 is 0 Å². The number of hydrogen-bond donors (Lipinski definition) is 3. The van der Waals surface area contributed by atoms with E-state index < -0.39 is 35.7 Å². The molecule has 10 heteroatoms. The molecule has 1 fully saturated rings. The number of ketones is 1. The van der Waals surface area contributed by atoms with Gasteiger partial charge in [-0.15, -0.1) is 11.3 Å². The molecule has 3 atom stereocenters. The molecule has 0 bridgehead atoms. The van der Waals surface area contributed by atoms with Gasteiger partial charge in [0.15, 0.2) is 5.78 Å². The van der Waals surface area contributed by atoms with Crippen LogP contribution in [-0.4, -0.2) is 28.8 Å². The lowest BCUT2D eigenvalue weighted by atomic mass is 9.79. The highest BCUT2D eigenvalue weighted by atomic mass is 32.1. The Morgan fingerprint density at radius 3 is 2.58 bits per heavy atom. The summed E-state index contributed by atoms with van der Waals surface area (Å²) in [5.41, 5.74) is -3.34. The maximum absolute atomic E-state index is 13.5. The van der Waals surface area contributed by atoms with Gasteiger partial charge >= 0.3 is 12.2 Å². The fourth-order valence-corrected chi connectivity index (χ4v) is 4.04. The maximum atomic E-state index is 13.5. The van der Waals surface area contributed by atoms with Crippen molar-refractivity contribution in [2.24, 2.45) is 5.92 Å². The summed E-state index contributed by atoms with van der Waals surface area (Å²) in [5, 5.41) is 18.8. The fraction of sp³-hybridized carbons (Fsp3) is 0.286. The number of thiophene rings is 2. The first-order valence-electron chi connectivity index (χ1n) is 6.71. The summed E-state index contributed by atoms with van der Waals surface area (Å²) < 4.78 is 40.6. The van der Waals surface area contributed by atoms with Gasteiger partial charge in [0.05, 0.1) is 10.9 Å². The van der Waals surface area contributed by atoms with Crippen LogP contribution in [0.5, 0.6) is 0 Å². The number of carbonyl (C=O) groups excluding carboxylic acids is 2. The number of alkyl halides is 3. The van der Waals surface area contributed by atoms with E-state index in [2.05, 4.69) is 5.32 Å². The zero-order valence-corrected chi connectivity index (χ0v) is 13.5. The SMILES string of the molecule is O=C1N[C@@H](c2ccsc2)[C@@H](C(=O)c2cccs2)[C@@](O)(C(F)(F)F)N1. The number of amides is 2. The molecule has 5 nitrogen and oxygen atoms in total. The molecule has 128 valence electrons. The summed E-state index contributed by atoms with van der Waals surface area (Å²) in [6.07, 6.45) is -5.23. The largest absolute Gasteiger partial charge is 0.437 e. The smallest absolute Gasteiger partial charge is 0.363 e. The van der Waals surface area contributed by atoms with E-state index in [9.17, 15) is 27.9 Å². The first kappa shape index (κ1) is 16.9. The van der Waals surface area contributed by atoms with Gasteiger partial charge in [0, 0.05) is 0 Å². The van der Waals surface area contributed by atoms with Crippen molar-refractivity contribution in [1.82, 2.24) is 10.6 Å². The van der Waals surface area contributed by atoms with E-state index in [4.69, 9.17) is 0 Å². The summed E-state index contributed by atoms with van der Waals surface area (Å²) in [6.45, 7) is 0. The van der Waals surface area contributed by atoms with Crippen LogP contribution in [0.25, 0.3) is 0 Å². The Kier molecular flexibility index (Phi) is 4.14. The summed E-state index contributed by atoms with van der Waals surface area (Å²) in [7, 11) is 0. The molecule has 1 aliphatic rings. The normalized spacial score (nSPS) is 27.4. The highest BCUT2D eigenvalue weighted by Crippen LogP contribution is 2.44. The van der Waals surface area contributed by atoms with Crippen molar-refractivity contribution in [3.63, 3.8) is 0 Å².